The van der Waals surface area contributed by atoms with E-state index >= 15 is 0 Å². The van der Waals surface area contributed by atoms with Crippen LogP contribution in [0, 0.1) is 11.2 Å². The number of benzene rings is 1. The first-order chi connectivity index (χ1) is 18.6. The van der Waals surface area contributed by atoms with Crippen LogP contribution in [0.4, 0.5) is 35.1 Å². The summed E-state index contributed by atoms with van der Waals surface area (Å²) in [6, 6.07) is 8.53. The molecule has 3 aromatic rings. The van der Waals surface area contributed by atoms with E-state index in [1.54, 1.807) is 24.0 Å². The van der Waals surface area contributed by atoms with Crippen molar-refractivity contribution in [3.63, 3.8) is 0 Å². The molecule has 0 aliphatic carbocycles. The molecule has 2 fully saturated rings. The number of nitrogens with zero attached hydrogens (tertiary/aromatic N) is 7. The number of anilines is 3. The van der Waals surface area contributed by atoms with Gasteiger partial charge in [-0.25, -0.2) is 14.4 Å². The number of alkyl halides is 3. The highest BCUT2D eigenvalue weighted by Crippen LogP contribution is 2.36. The molecule has 1 N–H and O–H groups in total. The Morgan fingerprint density at radius 1 is 0.897 bits per heavy atom. The summed E-state index contributed by atoms with van der Waals surface area (Å²) in [5.41, 5.74) is 0.439. The predicted molar refractivity (Wildman–Crippen MR) is 143 cm³/mol. The number of pyridine rings is 1. The van der Waals surface area contributed by atoms with Gasteiger partial charge >= 0.3 is 6.18 Å². The largest absolute Gasteiger partial charge is 0.419 e. The van der Waals surface area contributed by atoms with Crippen molar-refractivity contribution in [2.24, 2.45) is 0 Å². The van der Waals surface area contributed by atoms with Crippen LogP contribution in [-0.2, 0) is 6.18 Å². The third kappa shape index (κ3) is 5.85. The van der Waals surface area contributed by atoms with Gasteiger partial charge in [-0.2, -0.15) is 18.2 Å². The lowest BCUT2D eigenvalue weighted by molar-refractivity contribution is -0.137. The Kier molecular flexibility index (Phi) is 7.48. The molecule has 2 aromatic heterocycles. The zero-order valence-corrected chi connectivity index (χ0v) is 22.0. The number of halogens is 5. The summed E-state index contributed by atoms with van der Waals surface area (Å²) in [5, 5.41) is 7.87. The maximum absolute atomic E-state index is 13.9. The number of hydrogen-bond donors (Lipinski definition) is 1. The molecular weight excluding hydrogens is 536 g/mol. The van der Waals surface area contributed by atoms with Gasteiger partial charge < -0.3 is 19.6 Å². The van der Waals surface area contributed by atoms with E-state index in [9.17, 15) is 17.6 Å². The first kappa shape index (κ1) is 26.9. The fourth-order valence-corrected chi connectivity index (χ4v) is 4.97. The lowest BCUT2D eigenvalue weighted by Crippen LogP contribution is -2.49. The van der Waals surface area contributed by atoms with Crippen LogP contribution >= 0.6 is 11.6 Å². The van der Waals surface area contributed by atoms with E-state index in [2.05, 4.69) is 4.98 Å². The van der Waals surface area contributed by atoms with Gasteiger partial charge in [-0.15, -0.1) is 0 Å². The van der Waals surface area contributed by atoms with Crippen LogP contribution in [0.1, 0.15) is 12.5 Å². The number of nitrogens with one attached hydrogen (secondary N) is 1. The summed E-state index contributed by atoms with van der Waals surface area (Å²) in [6.07, 6.45) is -3.12. The average Bonchev–Trinajstić information content (AvgIpc) is 2.94. The molecule has 1 aromatic carbocycles. The quantitative estimate of drug-likeness (QED) is 0.278. The zero-order valence-electron chi connectivity index (χ0n) is 21.2. The van der Waals surface area contributed by atoms with Gasteiger partial charge in [0.2, 0.25) is 5.95 Å². The van der Waals surface area contributed by atoms with Crippen molar-refractivity contribution in [1.29, 1.82) is 5.41 Å². The molecule has 0 radical (unpaired) electrons. The summed E-state index contributed by atoms with van der Waals surface area (Å²) in [4.78, 5) is 21.3. The number of rotatable bonds is 4. The van der Waals surface area contributed by atoms with E-state index in [1.165, 1.54) is 24.4 Å². The van der Waals surface area contributed by atoms with Gasteiger partial charge in [0.15, 0.2) is 0 Å². The van der Waals surface area contributed by atoms with Crippen LogP contribution in [0.25, 0.3) is 11.3 Å². The Bertz CT molecular complexity index is 1350. The molecule has 13 heteroatoms. The monoisotopic (exact) mass is 562 g/mol. The van der Waals surface area contributed by atoms with Crippen molar-refractivity contribution in [1.82, 2.24) is 19.9 Å². The Morgan fingerprint density at radius 3 is 2.21 bits per heavy atom. The number of hydrogen-bond acceptors (Lipinski definition) is 7. The fourth-order valence-electron chi connectivity index (χ4n) is 4.79. The van der Waals surface area contributed by atoms with E-state index in [-0.39, 0.29) is 10.8 Å². The fraction of sp³-hybridized carbons (Fsp3) is 0.385. The van der Waals surface area contributed by atoms with Crippen LogP contribution in [0.5, 0.6) is 0 Å². The molecule has 2 aliphatic rings. The van der Waals surface area contributed by atoms with Crippen molar-refractivity contribution >= 4 is 35.0 Å². The lowest BCUT2D eigenvalue weighted by Gasteiger charge is -2.38. The second-order valence-corrected chi connectivity index (χ2v) is 9.85. The van der Waals surface area contributed by atoms with Crippen molar-refractivity contribution in [3.8, 4) is 11.3 Å². The maximum atomic E-state index is 13.9. The van der Waals surface area contributed by atoms with E-state index < -0.39 is 17.6 Å². The number of piperazine rings is 2. The molecule has 2 aliphatic heterocycles. The standard InChI is InChI=1S/C26H27ClF4N8/c1-17(32)36-7-13-39(14-8-36)25-34-22(18-4-5-21(28)20(27)15-18)16-23(35-25)37-9-11-38(12-10-37)24-19(26(29,30)31)3-2-6-33-24/h2-6,15-16,32H,7-14H2,1H3. The first-order valence-electron chi connectivity index (χ1n) is 12.5. The number of amidine groups is 1. The van der Waals surface area contributed by atoms with Crippen LogP contribution in [0.15, 0.2) is 42.6 Å². The molecule has 8 nitrogen and oxygen atoms in total. The first-order valence-corrected chi connectivity index (χ1v) is 12.9. The highest BCUT2D eigenvalue weighted by Gasteiger charge is 2.36. The summed E-state index contributed by atoms with van der Waals surface area (Å²) in [7, 11) is 0. The van der Waals surface area contributed by atoms with Crippen LogP contribution in [0.2, 0.25) is 5.02 Å². The second-order valence-electron chi connectivity index (χ2n) is 9.45. The van der Waals surface area contributed by atoms with Crippen molar-refractivity contribution < 1.29 is 17.6 Å². The molecule has 0 amide bonds. The van der Waals surface area contributed by atoms with Gasteiger partial charge in [0.25, 0.3) is 0 Å². The molecule has 0 spiro atoms. The van der Waals surface area contributed by atoms with Crippen molar-refractivity contribution in [3.05, 3.63) is 59.0 Å². The predicted octanol–water partition coefficient (Wildman–Crippen LogP) is 4.80. The lowest BCUT2D eigenvalue weighted by atomic mass is 10.1. The van der Waals surface area contributed by atoms with E-state index in [4.69, 9.17) is 27.0 Å². The summed E-state index contributed by atoms with van der Waals surface area (Å²) < 4.78 is 54.5. The third-order valence-electron chi connectivity index (χ3n) is 6.95. The Hall–Kier alpha value is -3.67. The summed E-state index contributed by atoms with van der Waals surface area (Å²) >= 11 is 6.05. The summed E-state index contributed by atoms with van der Waals surface area (Å²) in [6.45, 7) is 5.82. The van der Waals surface area contributed by atoms with Gasteiger partial charge in [0.05, 0.1) is 22.1 Å². The van der Waals surface area contributed by atoms with Gasteiger partial charge in [0.1, 0.15) is 17.5 Å². The minimum Gasteiger partial charge on any atom is -0.357 e. The molecule has 2 saturated heterocycles. The van der Waals surface area contributed by atoms with Crippen LogP contribution < -0.4 is 14.7 Å². The van der Waals surface area contributed by atoms with Crippen molar-refractivity contribution in [2.75, 3.05) is 67.1 Å². The minimum atomic E-state index is -4.49. The highest BCUT2D eigenvalue weighted by atomic mass is 35.5. The second kappa shape index (κ2) is 10.8. The molecule has 206 valence electrons. The SMILES string of the molecule is CC(=N)N1CCN(c2nc(-c3ccc(F)c(Cl)c3)cc(N3CCN(c4ncccc4C(F)(F)F)CC3)n2)CC1. The molecule has 0 bridgehead atoms. The van der Waals surface area contributed by atoms with Crippen molar-refractivity contribution in [2.45, 2.75) is 13.1 Å². The van der Waals surface area contributed by atoms with E-state index in [0.717, 1.165) is 6.07 Å². The van der Waals surface area contributed by atoms with Gasteiger partial charge in [0, 0.05) is 70.2 Å². The van der Waals surface area contributed by atoms with Gasteiger partial charge in [-0.1, -0.05) is 11.6 Å². The Morgan fingerprint density at radius 2 is 1.56 bits per heavy atom. The smallest absolute Gasteiger partial charge is 0.357 e. The van der Waals surface area contributed by atoms with E-state index in [1.807, 2.05) is 14.7 Å². The molecule has 0 unspecified atom stereocenters. The highest BCUT2D eigenvalue weighted by molar-refractivity contribution is 6.31. The number of aromatic nitrogens is 3. The van der Waals surface area contributed by atoms with Crippen LogP contribution in [-0.4, -0.2) is 78.0 Å². The molecule has 0 atom stereocenters. The minimum absolute atomic E-state index is 0.0197. The third-order valence-corrected chi connectivity index (χ3v) is 7.24. The maximum Gasteiger partial charge on any atom is 0.419 e. The molecular formula is C26H27ClF4N8. The summed E-state index contributed by atoms with van der Waals surface area (Å²) in [5.74, 6) is 1.02. The van der Waals surface area contributed by atoms with E-state index in [0.29, 0.717) is 81.2 Å². The van der Waals surface area contributed by atoms with Crippen LogP contribution in [0.3, 0.4) is 0 Å². The Labute approximate surface area is 228 Å². The zero-order chi connectivity index (χ0) is 27.7. The molecule has 39 heavy (non-hydrogen) atoms. The van der Waals surface area contributed by atoms with Gasteiger partial charge in [-0.05, 0) is 37.3 Å². The Balaban J connectivity index is 1.42. The normalized spacial score (nSPS) is 16.6. The van der Waals surface area contributed by atoms with Gasteiger partial charge in [-0.3, -0.25) is 5.41 Å². The topological polar surface area (TPSA) is 75.5 Å². The average molecular weight is 563 g/mol. The molecule has 4 heterocycles. The molecule has 5 rings (SSSR count). The molecule has 0 saturated carbocycles.